The van der Waals surface area contributed by atoms with Crippen molar-refractivity contribution in [3.8, 4) is 0 Å². The Morgan fingerprint density at radius 1 is 1.28 bits per heavy atom. The molecular weight excluding hydrogens is 344 g/mol. The second kappa shape index (κ2) is 7.71. The van der Waals surface area contributed by atoms with Crippen LogP contribution in [0.4, 0.5) is 28.0 Å². The Morgan fingerprint density at radius 2 is 1.92 bits per heavy atom. The topological polar surface area (TPSA) is 58.6 Å². The molecule has 1 aromatic rings. The van der Waals surface area contributed by atoms with Crippen LogP contribution < -0.4 is 5.32 Å². The number of hydrogen-bond acceptors (Lipinski definition) is 3. The average Bonchev–Trinajstić information content (AvgIpc) is 2.55. The first-order valence-electron chi connectivity index (χ1n) is 7.71. The van der Waals surface area contributed by atoms with Crippen LogP contribution in [0.2, 0.25) is 0 Å². The van der Waals surface area contributed by atoms with Crippen LogP contribution in [0.25, 0.3) is 0 Å². The summed E-state index contributed by atoms with van der Waals surface area (Å²) in [5.41, 5.74) is 0.871. The zero-order chi connectivity index (χ0) is 18.6. The molecule has 1 aliphatic heterocycles. The average molecular weight is 362 g/mol. The first kappa shape index (κ1) is 19.0. The lowest BCUT2D eigenvalue weighted by Gasteiger charge is -2.30. The summed E-state index contributed by atoms with van der Waals surface area (Å²) in [6.45, 7) is 0.329. The van der Waals surface area contributed by atoms with E-state index in [-0.39, 0.29) is 37.5 Å². The van der Waals surface area contributed by atoms with E-state index >= 15 is 0 Å². The molecule has 1 fully saturated rings. The minimum absolute atomic E-state index is 0.0806. The van der Waals surface area contributed by atoms with E-state index in [4.69, 9.17) is 0 Å². The molecule has 0 radical (unpaired) electrons. The SMILES string of the molecule is Cc1ccc(F)c(NC(=O)C2CCN(C(=O)OCC(F)(F)F)CC2)c1. The fourth-order valence-electron chi connectivity index (χ4n) is 2.53. The molecule has 1 saturated heterocycles. The van der Waals surface area contributed by atoms with Crippen LogP contribution in [0.3, 0.4) is 0 Å². The zero-order valence-corrected chi connectivity index (χ0v) is 13.5. The van der Waals surface area contributed by atoms with Gasteiger partial charge in [-0.2, -0.15) is 13.2 Å². The van der Waals surface area contributed by atoms with Crippen molar-refractivity contribution in [3.05, 3.63) is 29.6 Å². The summed E-state index contributed by atoms with van der Waals surface area (Å²) in [7, 11) is 0. The smallest absolute Gasteiger partial charge is 0.422 e. The highest BCUT2D eigenvalue weighted by atomic mass is 19.4. The zero-order valence-electron chi connectivity index (χ0n) is 13.5. The van der Waals surface area contributed by atoms with Crippen LogP contribution in [0, 0.1) is 18.7 Å². The molecule has 0 aliphatic carbocycles. The normalized spacial score (nSPS) is 15.8. The van der Waals surface area contributed by atoms with Crippen molar-refractivity contribution in [1.29, 1.82) is 0 Å². The van der Waals surface area contributed by atoms with E-state index in [9.17, 15) is 27.2 Å². The molecule has 138 valence electrons. The van der Waals surface area contributed by atoms with Crippen molar-refractivity contribution in [3.63, 3.8) is 0 Å². The number of benzene rings is 1. The van der Waals surface area contributed by atoms with E-state index in [1.807, 2.05) is 0 Å². The summed E-state index contributed by atoms with van der Waals surface area (Å²) in [6, 6.07) is 4.34. The molecule has 1 aliphatic rings. The Bertz CT molecular complexity index is 641. The van der Waals surface area contributed by atoms with Gasteiger partial charge >= 0.3 is 12.3 Å². The van der Waals surface area contributed by atoms with Gasteiger partial charge in [0.05, 0.1) is 5.69 Å². The standard InChI is InChI=1S/C16H18F4N2O3/c1-10-2-3-12(17)13(8-10)21-14(23)11-4-6-22(7-5-11)15(24)25-9-16(18,19)20/h2-3,8,11H,4-7,9H2,1H3,(H,21,23). The number of halogens is 4. The number of hydrogen-bond donors (Lipinski definition) is 1. The number of anilines is 1. The molecule has 0 bridgehead atoms. The highest BCUT2D eigenvalue weighted by Crippen LogP contribution is 2.22. The molecule has 1 aromatic carbocycles. The van der Waals surface area contributed by atoms with E-state index in [0.717, 1.165) is 10.5 Å². The lowest BCUT2D eigenvalue weighted by molar-refractivity contribution is -0.162. The lowest BCUT2D eigenvalue weighted by atomic mass is 9.96. The van der Waals surface area contributed by atoms with E-state index < -0.39 is 30.6 Å². The number of likely N-dealkylation sites (tertiary alicyclic amines) is 1. The minimum atomic E-state index is -4.58. The number of carbonyl (C=O) groups is 2. The van der Waals surface area contributed by atoms with Gasteiger partial charge in [0.15, 0.2) is 6.61 Å². The fraction of sp³-hybridized carbons (Fsp3) is 0.500. The van der Waals surface area contributed by atoms with Crippen LogP contribution in [-0.2, 0) is 9.53 Å². The highest BCUT2D eigenvalue weighted by molar-refractivity contribution is 5.92. The second-order valence-corrected chi connectivity index (χ2v) is 5.90. The van der Waals surface area contributed by atoms with Gasteiger partial charge in [-0.1, -0.05) is 6.07 Å². The minimum Gasteiger partial charge on any atom is -0.440 e. The summed E-state index contributed by atoms with van der Waals surface area (Å²) in [6.07, 6.45) is -5.10. The number of nitrogens with zero attached hydrogens (tertiary/aromatic N) is 1. The molecule has 0 aromatic heterocycles. The summed E-state index contributed by atoms with van der Waals surface area (Å²) in [4.78, 5) is 24.9. The molecule has 5 nitrogen and oxygen atoms in total. The molecule has 25 heavy (non-hydrogen) atoms. The van der Waals surface area contributed by atoms with Crippen molar-refractivity contribution in [1.82, 2.24) is 4.90 Å². The number of ether oxygens (including phenoxy) is 1. The molecular formula is C16H18F4N2O3. The molecule has 2 rings (SSSR count). The van der Waals surface area contributed by atoms with Crippen molar-refractivity contribution in [2.24, 2.45) is 5.92 Å². The van der Waals surface area contributed by atoms with E-state index in [2.05, 4.69) is 10.1 Å². The molecule has 1 heterocycles. The summed E-state index contributed by atoms with van der Waals surface area (Å²) >= 11 is 0. The van der Waals surface area contributed by atoms with Gasteiger partial charge in [0.25, 0.3) is 0 Å². The largest absolute Gasteiger partial charge is 0.440 e. The van der Waals surface area contributed by atoms with Gasteiger partial charge in [0.1, 0.15) is 5.82 Å². The molecule has 1 N–H and O–H groups in total. The lowest BCUT2D eigenvalue weighted by Crippen LogP contribution is -2.42. The third-order valence-corrected chi connectivity index (χ3v) is 3.86. The number of aryl methyl sites for hydroxylation is 1. The molecule has 2 amide bonds. The summed E-state index contributed by atoms with van der Waals surface area (Å²) in [5.74, 6) is -1.38. The first-order valence-corrected chi connectivity index (χ1v) is 7.71. The maximum atomic E-state index is 13.7. The number of alkyl halides is 3. The maximum Gasteiger partial charge on any atom is 0.422 e. The number of rotatable bonds is 3. The summed E-state index contributed by atoms with van der Waals surface area (Å²) in [5, 5.41) is 2.51. The molecule has 9 heteroatoms. The maximum absolute atomic E-state index is 13.7. The fourth-order valence-corrected chi connectivity index (χ4v) is 2.53. The van der Waals surface area contributed by atoms with Gasteiger partial charge in [-0.15, -0.1) is 0 Å². The third kappa shape index (κ3) is 5.61. The van der Waals surface area contributed by atoms with Gasteiger partial charge in [0.2, 0.25) is 5.91 Å². The van der Waals surface area contributed by atoms with Gasteiger partial charge in [-0.05, 0) is 37.5 Å². The van der Waals surface area contributed by atoms with Crippen molar-refractivity contribution in [2.75, 3.05) is 25.0 Å². The van der Waals surface area contributed by atoms with Gasteiger partial charge in [-0.25, -0.2) is 9.18 Å². The monoisotopic (exact) mass is 362 g/mol. The second-order valence-electron chi connectivity index (χ2n) is 5.90. The summed E-state index contributed by atoms with van der Waals surface area (Å²) < 4.78 is 54.0. The third-order valence-electron chi connectivity index (χ3n) is 3.86. The molecule has 0 spiro atoms. The number of carbonyl (C=O) groups excluding carboxylic acids is 2. The van der Waals surface area contributed by atoms with Crippen LogP contribution in [0.5, 0.6) is 0 Å². The van der Waals surface area contributed by atoms with Crippen LogP contribution in [0.15, 0.2) is 18.2 Å². The predicted molar refractivity (Wildman–Crippen MR) is 81.5 cm³/mol. The van der Waals surface area contributed by atoms with Gasteiger partial charge in [0, 0.05) is 19.0 Å². The Labute approximate surface area is 141 Å². The van der Waals surface area contributed by atoms with Crippen LogP contribution in [-0.4, -0.2) is 42.8 Å². The van der Waals surface area contributed by atoms with Crippen molar-refractivity contribution >= 4 is 17.7 Å². The first-order chi connectivity index (χ1) is 11.7. The van der Waals surface area contributed by atoms with E-state index in [0.29, 0.717) is 0 Å². The molecule has 0 unspecified atom stereocenters. The van der Waals surface area contributed by atoms with E-state index in [1.165, 1.54) is 12.1 Å². The molecule has 0 saturated carbocycles. The number of amides is 2. The Kier molecular flexibility index (Phi) is 5.86. The van der Waals surface area contributed by atoms with Gasteiger partial charge in [-0.3, -0.25) is 4.79 Å². The molecule has 0 atom stereocenters. The van der Waals surface area contributed by atoms with Crippen LogP contribution >= 0.6 is 0 Å². The Morgan fingerprint density at radius 3 is 2.52 bits per heavy atom. The van der Waals surface area contributed by atoms with Crippen LogP contribution in [0.1, 0.15) is 18.4 Å². The highest BCUT2D eigenvalue weighted by Gasteiger charge is 2.33. The number of piperidine rings is 1. The van der Waals surface area contributed by atoms with Gasteiger partial charge < -0.3 is 15.0 Å². The Hall–Kier alpha value is -2.32. The quantitative estimate of drug-likeness (QED) is 0.838. The van der Waals surface area contributed by atoms with E-state index in [1.54, 1.807) is 13.0 Å². The van der Waals surface area contributed by atoms with Crippen molar-refractivity contribution < 1.29 is 31.9 Å². The Balaban J connectivity index is 1.84. The van der Waals surface area contributed by atoms with Crippen molar-refractivity contribution in [2.45, 2.75) is 25.9 Å². The number of nitrogens with one attached hydrogen (secondary N) is 1. The predicted octanol–water partition coefficient (Wildman–Crippen LogP) is 3.48.